The van der Waals surface area contributed by atoms with Crippen molar-refractivity contribution in [3.8, 4) is 33.6 Å². The number of benzene rings is 2. The molecule has 2 aliphatic heterocycles. The van der Waals surface area contributed by atoms with Crippen LogP contribution in [0.2, 0.25) is 0 Å². The molecule has 2 amide bonds. The van der Waals surface area contributed by atoms with Crippen molar-refractivity contribution in [1.82, 2.24) is 29.7 Å². The van der Waals surface area contributed by atoms with Crippen LogP contribution in [0, 0.1) is 0 Å². The quantitative estimate of drug-likeness (QED) is 0.203. The van der Waals surface area contributed by atoms with Gasteiger partial charge < -0.3 is 26.3 Å². The maximum atomic E-state index is 12.9. The minimum absolute atomic E-state index is 0.000724. The number of carbonyl (C=O) groups excluding carboxylic acids is 2. The molecule has 4 heterocycles. The van der Waals surface area contributed by atoms with Crippen LogP contribution in [0.4, 0.5) is 0 Å². The summed E-state index contributed by atoms with van der Waals surface area (Å²) in [6.07, 6.45) is 8.98. The van der Waals surface area contributed by atoms with E-state index < -0.39 is 12.1 Å². The fourth-order valence-corrected chi connectivity index (χ4v) is 8.03. The summed E-state index contributed by atoms with van der Waals surface area (Å²) < 4.78 is 0. The van der Waals surface area contributed by atoms with E-state index in [9.17, 15) is 9.59 Å². The second-order valence-electron chi connectivity index (χ2n) is 12.1. The van der Waals surface area contributed by atoms with E-state index in [0.717, 1.165) is 76.3 Å². The van der Waals surface area contributed by atoms with Crippen LogP contribution < -0.4 is 11.5 Å². The number of hydrogen-bond acceptors (Lipinski definition) is 6. The molecule has 0 aliphatic carbocycles. The third-order valence-corrected chi connectivity index (χ3v) is 10.7. The van der Waals surface area contributed by atoms with Crippen LogP contribution in [0.1, 0.15) is 63.3 Å². The molecule has 0 spiro atoms. The fourth-order valence-electron chi connectivity index (χ4n) is 6.26. The van der Waals surface area contributed by atoms with Crippen molar-refractivity contribution in [3.05, 3.63) is 72.6 Å². The second-order valence-corrected chi connectivity index (χ2v) is 14.3. The van der Waals surface area contributed by atoms with Gasteiger partial charge in [-0.15, -0.1) is 0 Å². The Morgan fingerprint density at radius 1 is 0.800 bits per heavy atom. The van der Waals surface area contributed by atoms with Gasteiger partial charge in [-0.25, -0.2) is 9.97 Å². The van der Waals surface area contributed by atoms with Gasteiger partial charge in [-0.1, -0.05) is 62.4 Å². The lowest BCUT2D eigenvalue weighted by atomic mass is 10.0. The predicted molar refractivity (Wildman–Crippen MR) is 180 cm³/mol. The molecule has 11 heteroatoms. The molecule has 2 aromatic heterocycles. The molecule has 0 bridgehead atoms. The lowest BCUT2D eigenvalue weighted by Crippen LogP contribution is -2.43. The normalized spacial score (nSPS) is 21.3. The van der Waals surface area contributed by atoms with E-state index in [4.69, 9.17) is 11.5 Å². The average Bonchev–Trinajstić information content (AvgIpc) is 3.89. The van der Waals surface area contributed by atoms with E-state index in [1.807, 2.05) is 36.0 Å². The zero-order chi connectivity index (χ0) is 31.7. The van der Waals surface area contributed by atoms with Gasteiger partial charge in [0.25, 0.3) is 0 Å². The van der Waals surface area contributed by atoms with Gasteiger partial charge in [0.1, 0.15) is 23.4 Å². The van der Waals surface area contributed by atoms with Gasteiger partial charge in [-0.05, 0) is 47.9 Å². The van der Waals surface area contributed by atoms with Crippen LogP contribution in [0.5, 0.6) is 0 Å². The van der Waals surface area contributed by atoms with Gasteiger partial charge in [-0.3, -0.25) is 14.5 Å². The van der Waals surface area contributed by atoms with Crippen LogP contribution in [0.15, 0.2) is 60.9 Å². The van der Waals surface area contributed by atoms with Crippen molar-refractivity contribution in [2.24, 2.45) is 11.5 Å². The van der Waals surface area contributed by atoms with E-state index in [1.54, 1.807) is 0 Å². The molecule has 0 saturated carbocycles. The van der Waals surface area contributed by atoms with E-state index in [-0.39, 0.29) is 34.8 Å². The van der Waals surface area contributed by atoms with Crippen LogP contribution >= 0.6 is 0 Å². The lowest BCUT2D eigenvalue weighted by Gasteiger charge is -2.25. The summed E-state index contributed by atoms with van der Waals surface area (Å²) in [5.74, 6) is 3.27. The molecule has 5 atom stereocenters. The average molecular weight is 628 g/mol. The van der Waals surface area contributed by atoms with Crippen molar-refractivity contribution in [1.29, 1.82) is 0 Å². The van der Waals surface area contributed by atoms with Crippen molar-refractivity contribution in [2.45, 2.75) is 63.7 Å². The van der Waals surface area contributed by atoms with E-state index in [1.165, 1.54) is 0 Å². The Kier molecular flexibility index (Phi) is 9.11. The number of nitrogens with zero attached hydrogens (tertiary/aromatic N) is 4. The summed E-state index contributed by atoms with van der Waals surface area (Å²) in [7, 11) is 0.115. The van der Waals surface area contributed by atoms with Crippen LogP contribution in [0.3, 0.4) is 0 Å². The molecule has 4 aromatic rings. The monoisotopic (exact) mass is 627 g/mol. The molecule has 6 rings (SSSR count). The Balaban J connectivity index is 1.13. The van der Waals surface area contributed by atoms with Crippen LogP contribution in [-0.2, 0) is 20.5 Å². The van der Waals surface area contributed by atoms with Crippen LogP contribution in [0.25, 0.3) is 33.6 Å². The molecule has 0 radical (unpaired) electrons. The number of aromatic amines is 2. The molecular weight excluding hydrogens is 584 g/mol. The largest absolute Gasteiger partial charge is 0.340 e. The minimum Gasteiger partial charge on any atom is -0.340 e. The summed E-state index contributed by atoms with van der Waals surface area (Å²) in [6, 6.07) is 15.7. The Morgan fingerprint density at radius 3 is 1.78 bits per heavy atom. The highest BCUT2D eigenvalue weighted by atomic mass is 32.2. The highest BCUT2D eigenvalue weighted by Crippen LogP contribution is 2.34. The van der Waals surface area contributed by atoms with Gasteiger partial charge in [-0.2, -0.15) is 0 Å². The molecule has 45 heavy (non-hydrogen) atoms. The number of imidazole rings is 2. The smallest absolute Gasteiger partial charge is 0.243 e. The van der Waals surface area contributed by atoms with Crippen molar-refractivity contribution in [3.63, 3.8) is 0 Å². The number of hydrogen-bond donors (Lipinski definition) is 4. The van der Waals surface area contributed by atoms with Crippen molar-refractivity contribution >= 4 is 22.7 Å². The number of nitrogens with two attached hydrogens (primary N) is 2. The van der Waals surface area contributed by atoms with Crippen molar-refractivity contribution < 1.29 is 9.59 Å². The number of nitrogens with one attached hydrogen (secondary N) is 2. The Morgan fingerprint density at radius 2 is 1.27 bits per heavy atom. The first-order valence-electron chi connectivity index (χ1n) is 15.8. The number of likely N-dealkylation sites (tertiary alicyclic amines) is 1. The van der Waals surface area contributed by atoms with Gasteiger partial charge in [0.2, 0.25) is 11.8 Å². The zero-order valence-electron chi connectivity index (χ0n) is 26.2. The molecule has 6 N–H and O–H groups in total. The molecule has 236 valence electrons. The molecule has 2 aliphatic rings. The predicted octanol–water partition coefficient (Wildman–Crippen LogP) is 4.36. The summed E-state index contributed by atoms with van der Waals surface area (Å²) in [4.78, 5) is 45.7. The third-order valence-electron chi connectivity index (χ3n) is 9.06. The van der Waals surface area contributed by atoms with Gasteiger partial charge in [0.05, 0.1) is 48.2 Å². The maximum Gasteiger partial charge on any atom is 0.243 e. The number of rotatable bonds is 9. The van der Waals surface area contributed by atoms with Gasteiger partial charge >= 0.3 is 0 Å². The Labute approximate surface area is 267 Å². The maximum absolute atomic E-state index is 12.9. The van der Waals surface area contributed by atoms with Crippen LogP contribution in [-0.4, -0.2) is 78.1 Å². The number of amides is 2. The van der Waals surface area contributed by atoms with E-state index in [2.05, 4.69) is 74.7 Å². The molecule has 2 fully saturated rings. The molecule has 2 saturated heterocycles. The molecule has 10 nitrogen and oxygen atoms in total. The number of H-pyrrole nitrogens is 2. The first-order chi connectivity index (χ1) is 21.8. The van der Waals surface area contributed by atoms with E-state index >= 15 is 0 Å². The van der Waals surface area contributed by atoms with E-state index in [0.29, 0.717) is 12.8 Å². The Hall–Kier alpha value is -3.93. The summed E-state index contributed by atoms with van der Waals surface area (Å²) in [5.41, 5.74) is 18.3. The van der Waals surface area contributed by atoms with Crippen molar-refractivity contribution in [2.75, 3.05) is 24.4 Å². The number of carbonyl (C=O) groups is 2. The third kappa shape index (κ3) is 6.29. The topological polar surface area (TPSA) is 150 Å². The minimum atomic E-state index is -0.472. The first-order valence-corrected chi connectivity index (χ1v) is 17.8. The highest BCUT2D eigenvalue weighted by Gasteiger charge is 2.43. The fraction of sp³-hybridized carbons (Fsp3) is 0.412. The first kappa shape index (κ1) is 31.1. The molecule has 2 aromatic carbocycles. The number of aromatic nitrogens is 4. The lowest BCUT2D eigenvalue weighted by molar-refractivity contribution is -0.134. The standard InChI is InChI=1S/C34H43N8O2S/c1-4-25(35)33(43)41-16-6-7-29(41)31-37-17-27(39-31)23-12-8-21(9-13-23)22-10-14-24(15-11-22)28-18-38-32(40-28)30-19-45(3)20-42(30)34(44)26(36)5-2/h8-15,17-18,25-26,29-30H,4-7,16,19-20,35-36H2,1-3H3,(H,37,39)(H,38,40)/q+1/t25-,26-,29-,30-,45?/m0/s1. The highest BCUT2D eigenvalue weighted by molar-refractivity contribution is 7.96. The van der Waals surface area contributed by atoms with Gasteiger partial charge in [0.15, 0.2) is 5.88 Å². The zero-order valence-corrected chi connectivity index (χ0v) is 27.0. The molecular formula is C34H43N8O2S+. The second kappa shape index (κ2) is 13.2. The summed E-state index contributed by atoms with van der Waals surface area (Å²) >= 11 is 0. The van der Waals surface area contributed by atoms with Gasteiger partial charge in [0, 0.05) is 17.4 Å². The summed E-state index contributed by atoms with van der Waals surface area (Å²) in [5, 5.41) is 0. The SMILES string of the molecule is CC[C@H](N)C(=O)N1CCC[C@H]1c1ncc(-c2ccc(-c3ccc(-c4cnc([C@@H]5C[S+](C)CN5C(=O)[C@@H](N)CC)[nH]4)cc3)cc2)[nH]1. The molecule has 1 unspecified atom stereocenters. The summed E-state index contributed by atoms with van der Waals surface area (Å²) in [6.45, 7) is 4.60. The Bertz CT molecular complexity index is 1630.